The molecule has 0 radical (unpaired) electrons. The summed E-state index contributed by atoms with van der Waals surface area (Å²) in [5.74, 6) is 0.617. The second-order valence-electron chi connectivity index (χ2n) is 5.68. The zero-order valence-electron chi connectivity index (χ0n) is 12.5. The zero-order valence-corrected chi connectivity index (χ0v) is 12.5. The minimum absolute atomic E-state index is 0.542. The van der Waals surface area contributed by atoms with Crippen LogP contribution in [0, 0.1) is 17.2 Å². The van der Waals surface area contributed by atoms with Crippen molar-refractivity contribution in [1.82, 2.24) is 10.2 Å². The number of benzene rings is 1. The van der Waals surface area contributed by atoms with Crippen LogP contribution in [-0.2, 0) is 6.54 Å². The summed E-state index contributed by atoms with van der Waals surface area (Å²) in [4.78, 5) is 2.31. The van der Waals surface area contributed by atoms with Gasteiger partial charge in [-0.3, -0.25) is 0 Å². The summed E-state index contributed by atoms with van der Waals surface area (Å²) in [7, 11) is 2.13. The molecule has 1 aromatic carbocycles. The van der Waals surface area contributed by atoms with Crippen LogP contribution in [0.3, 0.4) is 0 Å². The van der Waals surface area contributed by atoms with E-state index in [9.17, 15) is 0 Å². The minimum Gasteiger partial charge on any atom is -0.314 e. The highest BCUT2D eigenvalue weighted by molar-refractivity contribution is 5.32. The molecule has 3 nitrogen and oxygen atoms in total. The van der Waals surface area contributed by atoms with Gasteiger partial charge in [-0.15, -0.1) is 0 Å². The highest BCUT2D eigenvalue weighted by Gasteiger charge is 2.08. The van der Waals surface area contributed by atoms with Crippen molar-refractivity contribution in [1.29, 1.82) is 5.26 Å². The average molecular weight is 259 g/mol. The second-order valence-corrected chi connectivity index (χ2v) is 5.68. The van der Waals surface area contributed by atoms with Gasteiger partial charge in [-0.2, -0.15) is 5.26 Å². The van der Waals surface area contributed by atoms with Crippen LogP contribution in [0.4, 0.5) is 0 Å². The molecule has 1 unspecified atom stereocenters. The van der Waals surface area contributed by atoms with E-state index in [1.54, 1.807) is 0 Å². The number of hydrogen-bond donors (Lipinski definition) is 1. The van der Waals surface area contributed by atoms with Gasteiger partial charge in [0.15, 0.2) is 0 Å². The smallest absolute Gasteiger partial charge is 0.0991 e. The van der Waals surface area contributed by atoms with Crippen molar-refractivity contribution in [3.8, 4) is 6.07 Å². The van der Waals surface area contributed by atoms with Crippen LogP contribution in [0.1, 0.15) is 31.9 Å². The van der Waals surface area contributed by atoms with Gasteiger partial charge in [0.05, 0.1) is 11.6 Å². The summed E-state index contributed by atoms with van der Waals surface area (Å²) in [5.41, 5.74) is 1.94. The van der Waals surface area contributed by atoms with Crippen LogP contribution in [0.15, 0.2) is 24.3 Å². The molecule has 0 aromatic heterocycles. The first-order chi connectivity index (χ1) is 9.01. The molecule has 0 aliphatic heterocycles. The van der Waals surface area contributed by atoms with E-state index in [0.29, 0.717) is 12.0 Å². The largest absolute Gasteiger partial charge is 0.314 e. The van der Waals surface area contributed by atoms with Gasteiger partial charge in [0, 0.05) is 19.1 Å². The summed E-state index contributed by atoms with van der Waals surface area (Å²) in [5, 5.41) is 12.4. The topological polar surface area (TPSA) is 39.1 Å². The molecule has 1 N–H and O–H groups in total. The lowest BCUT2D eigenvalue weighted by Crippen LogP contribution is -2.33. The molecule has 0 heterocycles. The molecule has 0 fully saturated rings. The summed E-state index contributed by atoms with van der Waals surface area (Å²) >= 11 is 0. The van der Waals surface area contributed by atoms with Crippen LogP contribution < -0.4 is 5.32 Å². The number of rotatable bonds is 7. The van der Waals surface area contributed by atoms with Crippen molar-refractivity contribution in [2.24, 2.45) is 5.92 Å². The molecule has 1 aromatic rings. The fourth-order valence-electron chi connectivity index (χ4n) is 2.15. The van der Waals surface area contributed by atoms with Gasteiger partial charge in [0.2, 0.25) is 0 Å². The van der Waals surface area contributed by atoms with Crippen LogP contribution in [-0.4, -0.2) is 31.1 Å². The summed E-state index contributed by atoms with van der Waals surface area (Å²) in [6.07, 6.45) is 0. The molecule has 1 atom stereocenters. The first-order valence-corrected chi connectivity index (χ1v) is 6.92. The van der Waals surface area contributed by atoms with Crippen molar-refractivity contribution >= 4 is 0 Å². The molecule has 0 bridgehead atoms. The van der Waals surface area contributed by atoms with Gasteiger partial charge in [-0.25, -0.2) is 0 Å². The fraction of sp³-hybridized carbons (Fsp3) is 0.562. The van der Waals surface area contributed by atoms with Crippen LogP contribution in [0.5, 0.6) is 0 Å². The van der Waals surface area contributed by atoms with E-state index >= 15 is 0 Å². The van der Waals surface area contributed by atoms with Gasteiger partial charge in [-0.1, -0.05) is 32.9 Å². The molecule has 1 rings (SSSR count). The molecular weight excluding hydrogens is 234 g/mol. The van der Waals surface area contributed by atoms with E-state index in [2.05, 4.69) is 50.2 Å². The molecule has 0 aliphatic rings. The summed E-state index contributed by atoms with van der Waals surface area (Å²) in [6, 6.07) is 10.6. The lowest BCUT2D eigenvalue weighted by Gasteiger charge is -2.22. The maximum Gasteiger partial charge on any atom is 0.0991 e. The highest BCUT2D eigenvalue weighted by atomic mass is 15.1. The molecule has 19 heavy (non-hydrogen) atoms. The Morgan fingerprint density at radius 1 is 1.32 bits per heavy atom. The zero-order chi connectivity index (χ0) is 14.3. The number of nitriles is 1. The molecule has 104 valence electrons. The summed E-state index contributed by atoms with van der Waals surface area (Å²) in [6.45, 7) is 9.59. The molecule has 3 heteroatoms. The van der Waals surface area contributed by atoms with Gasteiger partial charge in [0.1, 0.15) is 0 Å². The first kappa shape index (κ1) is 15.7. The number of nitrogens with zero attached hydrogens (tertiary/aromatic N) is 2. The monoisotopic (exact) mass is 259 g/mol. The van der Waals surface area contributed by atoms with E-state index < -0.39 is 0 Å². The van der Waals surface area contributed by atoms with E-state index in [-0.39, 0.29) is 0 Å². The lowest BCUT2D eigenvalue weighted by atomic mass is 10.1. The Morgan fingerprint density at radius 3 is 2.68 bits per heavy atom. The predicted octanol–water partition coefficient (Wildman–Crippen LogP) is 2.62. The number of nitrogens with one attached hydrogen (secondary N) is 1. The summed E-state index contributed by atoms with van der Waals surface area (Å²) < 4.78 is 0. The predicted molar refractivity (Wildman–Crippen MR) is 79.8 cm³/mol. The van der Waals surface area contributed by atoms with Gasteiger partial charge < -0.3 is 10.2 Å². The van der Waals surface area contributed by atoms with Crippen LogP contribution >= 0.6 is 0 Å². The van der Waals surface area contributed by atoms with E-state index in [1.807, 2.05) is 18.2 Å². The number of hydrogen-bond acceptors (Lipinski definition) is 3. The van der Waals surface area contributed by atoms with Crippen molar-refractivity contribution < 1.29 is 0 Å². The maximum absolute atomic E-state index is 8.89. The van der Waals surface area contributed by atoms with Crippen molar-refractivity contribution in [3.63, 3.8) is 0 Å². The third-order valence-electron chi connectivity index (χ3n) is 3.01. The molecule has 0 saturated heterocycles. The minimum atomic E-state index is 0.542. The Balaban J connectivity index is 2.42. The highest BCUT2D eigenvalue weighted by Crippen LogP contribution is 2.08. The Morgan fingerprint density at radius 2 is 2.05 bits per heavy atom. The molecule has 0 aliphatic carbocycles. The van der Waals surface area contributed by atoms with E-state index in [4.69, 9.17) is 5.26 Å². The Labute approximate surface area is 117 Å². The quantitative estimate of drug-likeness (QED) is 0.818. The average Bonchev–Trinajstić information content (AvgIpc) is 2.36. The van der Waals surface area contributed by atoms with Gasteiger partial charge >= 0.3 is 0 Å². The van der Waals surface area contributed by atoms with E-state index in [1.165, 1.54) is 5.56 Å². The molecule has 0 spiro atoms. The SMILES string of the molecule is CC(CNC(C)C)CN(C)Cc1cccc(C#N)c1. The van der Waals surface area contributed by atoms with Gasteiger partial charge in [0.25, 0.3) is 0 Å². The van der Waals surface area contributed by atoms with Crippen molar-refractivity contribution in [3.05, 3.63) is 35.4 Å². The van der Waals surface area contributed by atoms with E-state index in [0.717, 1.165) is 25.2 Å². The van der Waals surface area contributed by atoms with Crippen LogP contribution in [0.25, 0.3) is 0 Å². The third kappa shape index (κ3) is 6.37. The van der Waals surface area contributed by atoms with Crippen molar-refractivity contribution in [2.45, 2.75) is 33.4 Å². The maximum atomic E-state index is 8.89. The van der Waals surface area contributed by atoms with Crippen molar-refractivity contribution in [2.75, 3.05) is 20.1 Å². The first-order valence-electron chi connectivity index (χ1n) is 6.92. The van der Waals surface area contributed by atoms with Crippen LogP contribution in [0.2, 0.25) is 0 Å². The normalized spacial score (nSPS) is 12.7. The Kier molecular flexibility index (Phi) is 6.55. The Hall–Kier alpha value is -1.37. The fourth-order valence-corrected chi connectivity index (χ4v) is 2.15. The Bertz CT molecular complexity index is 420. The third-order valence-corrected chi connectivity index (χ3v) is 3.01. The molecule has 0 saturated carbocycles. The van der Waals surface area contributed by atoms with Gasteiger partial charge in [-0.05, 0) is 37.2 Å². The molecular formula is C16H25N3. The molecule has 0 amide bonds. The second kappa shape index (κ2) is 7.93. The standard InChI is InChI=1S/C16H25N3/c1-13(2)18-10-14(3)11-19(4)12-16-7-5-6-15(8-16)9-17/h5-8,13-14,18H,10-12H2,1-4H3. The lowest BCUT2D eigenvalue weighted by molar-refractivity contribution is 0.271.